The molecule has 2 heterocycles. The number of furan rings is 1. The van der Waals surface area contributed by atoms with Crippen LogP contribution in [0.1, 0.15) is 66.5 Å². The normalized spacial score (nSPS) is 12.5. The first-order valence-corrected chi connectivity index (χ1v) is 23.2. The van der Waals surface area contributed by atoms with Gasteiger partial charge in [0.05, 0.1) is 24.9 Å². The van der Waals surface area contributed by atoms with Crippen LogP contribution in [-0.2, 0) is 30.3 Å². The molecule has 0 aliphatic heterocycles. The van der Waals surface area contributed by atoms with E-state index < -0.39 is 13.5 Å². The van der Waals surface area contributed by atoms with Crippen molar-refractivity contribution in [3.63, 3.8) is 0 Å². The van der Waals surface area contributed by atoms with Gasteiger partial charge < -0.3 is 9.52 Å². The summed E-state index contributed by atoms with van der Waals surface area (Å²) in [6.07, 6.45) is 1.32. The Morgan fingerprint density at radius 2 is 1.46 bits per heavy atom. The molecular weight excluding hydrogens is 895 g/mol. The number of rotatable bonds is 6. The fraction of sp³-hybridized carbons (Fsp3) is 0.294. The van der Waals surface area contributed by atoms with Crippen LogP contribution in [0.25, 0.3) is 66.4 Å². The third kappa shape index (κ3) is 9.41. The molecule has 0 atom stereocenters. The Balaban J connectivity index is 0.000000416. The van der Waals surface area contributed by atoms with Crippen molar-refractivity contribution in [3.05, 3.63) is 132 Å². The largest absolute Gasteiger partial charge is 0.512 e. The molecule has 4 nitrogen and oxygen atoms in total. The Hall–Kier alpha value is -4.61. The van der Waals surface area contributed by atoms with Crippen LogP contribution >= 0.6 is 0 Å². The zero-order chi connectivity index (χ0) is 40.7. The molecule has 0 aliphatic rings. The number of aliphatic hydroxyl groups is 1. The molecular formula is C51H56IrNO3Si-. The Morgan fingerprint density at radius 1 is 0.789 bits per heavy atom. The zero-order valence-electron chi connectivity index (χ0n) is 35.5. The second kappa shape index (κ2) is 16.7. The van der Waals surface area contributed by atoms with E-state index in [-0.39, 0.29) is 43.0 Å². The van der Waals surface area contributed by atoms with Gasteiger partial charge in [0.25, 0.3) is 0 Å². The summed E-state index contributed by atoms with van der Waals surface area (Å²) in [6.45, 7) is 25.5. The fourth-order valence-corrected chi connectivity index (χ4v) is 8.11. The van der Waals surface area contributed by atoms with Crippen molar-refractivity contribution in [1.29, 1.82) is 0 Å². The number of benzene rings is 5. The topological polar surface area (TPSA) is 63.3 Å². The van der Waals surface area contributed by atoms with Gasteiger partial charge in [-0.15, -0.1) is 17.7 Å². The maximum atomic E-state index is 11.3. The summed E-state index contributed by atoms with van der Waals surface area (Å²) >= 11 is 0. The molecule has 297 valence electrons. The predicted molar refractivity (Wildman–Crippen MR) is 241 cm³/mol. The van der Waals surface area contributed by atoms with Crippen molar-refractivity contribution >= 4 is 51.9 Å². The van der Waals surface area contributed by atoms with Crippen molar-refractivity contribution in [2.24, 2.45) is 11.3 Å². The summed E-state index contributed by atoms with van der Waals surface area (Å²) in [7, 11) is -1.59. The summed E-state index contributed by atoms with van der Waals surface area (Å²) in [5.74, 6) is 0.153. The van der Waals surface area contributed by atoms with E-state index in [4.69, 9.17) is 9.40 Å². The third-order valence-electron chi connectivity index (χ3n) is 10.3. The average molecular weight is 951 g/mol. The van der Waals surface area contributed by atoms with Crippen LogP contribution in [0, 0.1) is 24.3 Å². The van der Waals surface area contributed by atoms with E-state index in [1.807, 2.05) is 46.8 Å². The first-order valence-electron chi connectivity index (χ1n) is 19.7. The molecule has 0 unspecified atom stereocenters. The molecule has 0 saturated heterocycles. The number of nitrogens with zero attached hydrogens (tertiary/aromatic N) is 1. The molecule has 7 rings (SSSR count). The summed E-state index contributed by atoms with van der Waals surface area (Å²) in [6, 6.07) is 40.9. The van der Waals surface area contributed by atoms with Crippen molar-refractivity contribution in [2.75, 3.05) is 0 Å². The Morgan fingerprint density at radius 3 is 2.09 bits per heavy atom. The molecule has 1 N–H and O–H groups in total. The minimum absolute atomic E-state index is 0. The molecule has 7 aromatic rings. The van der Waals surface area contributed by atoms with Gasteiger partial charge in [-0.1, -0.05) is 183 Å². The van der Waals surface area contributed by atoms with E-state index in [2.05, 4.69) is 144 Å². The number of aliphatic hydroxyl groups excluding tert-OH is 1. The quantitative estimate of drug-likeness (QED) is 0.0781. The summed E-state index contributed by atoms with van der Waals surface area (Å²) < 4.78 is 6.52. The van der Waals surface area contributed by atoms with Gasteiger partial charge in [-0.2, -0.15) is 0 Å². The van der Waals surface area contributed by atoms with Gasteiger partial charge in [-0.05, 0) is 51.1 Å². The Kier molecular flexibility index (Phi) is 12.7. The SMILES string of the molecule is CC(C)/C(O)=C/C(=O)C(C)(C)C.Cc1[c-]c(-c2cc(-c3c(-c4ccccc4)cccc3C(C)(C)C)c3cc([Si](C)(C)C)ccc3n2)c2oc3ccccc3c2c1.[Ir]. The third-order valence-corrected chi connectivity index (χ3v) is 12.4. The molecule has 2 aromatic heterocycles. The maximum absolute atomic E-state index is 11.3. The van der Waals surface area contributed by atoms with Gasteiger partial charge in [-0.3, -0.25) is 9.78 Å². The molecule has 5 aromatic carbocycles. The van der Waals surface area contributed by atoms with Crippen LogP contribution in [0.5, 0.6) is 0 Å². The molecule has 6 heteroatoms. The van der Waals surface area contributed by atoms with Crippen molar-refractivity contribution < 1.29 is 34.4 Å². The van der Waals surface area contributed by atoms with Crippen molar-refractivity contribution in [2.45, 2.75) is 87.4 Å². The number of aryl methyl sites for hydroxylation is 1. The smallest absolute Gasteiger partial charge is 0.164 e. The molecule has 57 heavy (non-hydrogen) atoms. The Bertz CT molecular complexity index is 2600. The number of hydrogen-bond donors (Lipinski definition) is 1. The molecule has 0 aliphatic carbocycles. The second-order valence-corrected chi connectivity index (χ2v) is 23.5. The van der Waals surface area contributed by atoms with Crippen LogP contribution in [0.2, 0.25) is 19.6 Å². The zero-order valence-corrected chi connectivity index (χ0v) is 38.9. The van der Waals surface area contributed by atoms with Crippen LogP contribution < -0.4 is 5.19 Å². The molecule has 0 fully saturated rings. The monoisotopic (exact) mass is 951 g/mol. The van der Waals surface area contributed by atoms with Crippen LogP contribution in [0.4, 0.5) is 0 Å². The second-order valence-electron chi connectivity index (χ2n) is 18.4. The average Bonchev–Trinajstić information content (AvgIpc) is 3.51. The number of hydrogen-bond acceptors (Lipinski definition) is 4. The number of allylic oxidation sites excluding steroid dienone is 2. The van der Waals surface area contributed by atoms with Crippen LogP contribution in [-0.4, -0.2) is 23.9 Å². The first kappa shape index (κ1) is 43.5. The molecule has 0 bridgehead atoms. The van der Waals surface area contributed by atoms with Gasteiger partial charge in [0.2, 0.25) is 0 Å². The predicted octanol–water partition coefficient (Wildman–Crippen LogP) is 13.8. The number of aromatic nitrogens is 1. The standard InChI is InChI=1S/C41H38NOSi.C10H18O2.Ir/c1-26-22-33-30-16-11-12-19-38(30)43-40(33)34(23-26)37-25-32(31-24-28(44(5,6)7)20-21-36(31)42-37)39-29(27-14-9-8-10-15-27)17-13-18-35(39)41(2,3)4;1-7(2)8(11)6-9(12)10(3,4)5;/h8-22,24-25H,1-7H3;6-7,11H,1-5H3;/q-1;;/b;8-6-;. The number of carbonyl (C=O) groups is 1. The minimum Gasteiger partial charge on any atom is -0.512 e. The van der Waals surface area contributed by atoms with Gasteiger partial charge in [0, 0.05) is 48.3 Å². The van der Waals surface area contributed by atoms with Crippen molar-refractivity contribution in [3.8, 4) is 33.5 Å². The van der Waals surface area contributed by atoms with Gasteiger partial charge in [0.1, 0.15) is 5.58 Å². The Labute approximate surface area is 353 Å². The molecule has 1 radical (unpaired) electrons. The number of para-hydroxylation sites is 1. The fourth-order valence-electron chi connectivity index (χ4n) is 6.95. The van der Waals surface area contributed by atoms with E-state index in [0.717, 1.165) is 44.3 Å². The van der Waals surface area contributed by atoms with E-state index in [0.29, 0.717) is 0 Å². The number of fused-ring (bicyclic) bond motifs is 4. The van der Waals surface area contributed by atoms with Crippen LogP contribution in [0.15, 0.2) is 119 Å². The van der Waals surface area contributed by atoms with E-state index in [1.54, 1.807) is 0 Å². The maximum Gasteiger partial charge on any atom is 0.164 e. The van der Waals surface area contributed by atoms with Gasteiger partial charge in [0.15, 0.2) is 5.78 Å². The molecule has 0 amide bonds. The number of ketones is 1. The van der Waals surface area contributed by atoms with Crippen LogP contribution in [0.3, 0.4) is 0 Å². The van der Waals surface area contributed by atoms with E-state index in [1.165, 1.54) is 44.5 Å². The van der Waals surface area contributed by atoms with E-state index >= 15 is 0 Å². The van der Waals surface area contributed by atoms with Gasteiger partial charge in [-0.25, -0.2) is 0 Å². The molecule has 0 spiro atoms. The molecule has 0 saturated carbocycles. The summed E-state index contributed by atoms with van der Waals surface area (Å²) in [4.78, 5) is 16.7. The minimum atomic E-state index is -1.59. The van der Waals surface area contributed by atoms with Crippen molar-refractivity contribution in [1.82, 2.24) is 4.98 Å². The number of pyridine rings is 1. The summed E-state index contributed by atoms with van der Waals surface area (Å²) in [5, 5.41) is 14.1. The van der Waals surface area contributed by atoms with Gasteiger partial charge >= 0.3 is 0 Å². The number of carbonyl (C=O) groups excluding carboxylic acids is 1. The van der Waals surface area contributed by atoms with E-state index in [9.17, 15) is 9.90 Å². The summed E-state index contributed by atoms with van der Waals surface area (Å²) in [5.41, 5.74) is 11.3. The first-order chi connectivity index (χ1) is 26.2.